The Bertz CT molecular complexity index is 619. The Balaban J connectivity index is 1.99. The van der Waals surface area contributed by atoms with Gasteiger partial charge in [0.25, 0.3) is 0 Å². The van der Waals surface area contributed by atoms with Crippen molar-refractivity contribution in [2.75, 3.05) is 20.3 Å². The van der Waals surface area contributed by atoms with Crippen molar-refractivity contribution in [2.24, 2.45) is 0 Å². The van der Waals surface area contributed by atoms with Gasteiger partial charge in [-0.2, -0.15) is 0 Å². The van der Waals surface area contributed by atoms with Crippen LogP contribution in [-0.4, -0.2) is 42.0 Å². The van der Waals surface area contributed by atoms with Gasteiger partial charge in [-0.15, -0.1) is 0 Å². The van der Waals surface area contributed by atoms with Gasteiger partial charge in [0, 0.05) is 25.3 Å². The van der Waals surface area contributed by atoms with E-state index in [1.807, 2.05) is 37.3 Å². The van der Waals surface area contributed by atoms with Gasteiger partial charge >= 0.3 is 0 Å². The predicted molar refractivity (Wildman–Crippen MR) is 85.8 cm³/mol. The van der Waals surface area contributed by atoms with Crippen LogP contribution in [-0.2, 0) is 16.0 Å². The maximum absolute atomic E-state index is 12.2. The maximum Gasteiger partial charge on any atom is 0.226 e. The number of methoxy groups -OCH3 is 1. The fraction of sp³-hybridized carbons (Fsp3) is 0.412. The summed E-state index contributed by atoms with van der Waals surface area (Å²) in [4.78, 5) is 12.2. The number of amides is 1. The van der Waals surface area contributed by atoms with Gasteiger partial charge in [-0.3, -0.25) is 4.79 Å². The fourth-order valence-corrected chi connectivity index (χ4v) is 2.41. The van der Waals surface area contributed by atoms with Crippen LogP contribution in [0.5, 0.6) is 0 Å². The van der Waals surface area contributed by atoms with Crippen molar-refractivity contribution >= 4 is 5.91 Å². The third-order valence-corrected chi connectivity index (χ3v) is 3.53. The molecule has 1 amide bonds. The molecule has 1 heterocycles. The highest BCUT2D eigenvalue weighted by Gasteiger charge is 2.26. The third kappa shape index (κ3) is 4.91. The van der Waals surface area contributed by atoms with E-state index in [1.54, 1.807) is 13.2 Å². The molecule has 0 saturated heterocycles. The molecule has 0 radical (unpaired) electrons. The minimum absolute atomic E-state index is 0.0255. The number of benzene rings is 1. The molecule has 23 heavy (non-hydrogen) atoms. The molecule has 0 aliphatic carbocycles. The average molecular weight is 318 g/mol. The fourth-order valence-electron chi connectivity index (χ4n) is 2.41. The normalized spacial score (nSPS) is 13.5. The van der Waals surface area contributed by atoms with Crippen molar-refractivity contribution < 1.29 is 19.2 Å². The van der Waals surface area contributed by atoms with Crippen LogP contribution in [0, 0.1) is 0 Å². The summed E-state index contributed by atoms with van der Waals surface area (Å²) in [6, 6.07) is 11.3. The van der Waals surface area contributed by atoms with E-state index < -0.39 is 5.54 Å². The van der Waals surface area contributed by atoms with Crippen LogP contribution in [0.15, 0.2) is 40.9 Å². The van der Waals surface area contributed by atoms with Gasteiger partial charge in [-0.25, -0.2) is 0 Å². The first-order chi connectivity index (χ1) is 11.1. The quantitative estimate of drug-likeness (QED) is 0.775. The maximum atomic E-state index is 12.2. The Morgan fingerprint density at radius 2 is 2.13 bits per heavy atom. The molecule has 0 aliphatic rings. The number of carbonyl (C=O) groups is 1. The first-order valence-corrected chi connectivity index (χ1v) is 7.48. The molecule has 1 aromatic carbocycles. The summed E-state index contributed by atoms with van der Waals surface area (Å²) in [6.07, 6.45) is 0.529. The Kier molecular flexibility index (Phi) is 5.90. The number of hydrogen-bond acceptors (Lipinski definition) is 5. The molecule has 0 aliphatic heterocycles. The number of rotatable bonds is 8. The number of nitrogens with one attached hydrogen (secondary N) is 1. The lowest BCUT2D eigenvalue weighted by Crippen LogP contribution is -2.50. The van der Waals surface area contributed by atoms with Crippen molar-refractivity contribution in [1.82, 2.24) is 10.5 Å². The van der Waals surface area contributed by atoms with Gasteiger partial charge in [0.15, 0.2) is 5.76 Å². The van der Waals surface area contributed by atoms with Gasteiger partial charge in [0.2, 0.25) is 5.91 Å². The molecule has 2 aromatic rings. The molecule has 2 N–H and O–H groups in total. The highest BCUT2D eigenvalue weighted by Crippen LogP contribution is 2.20. The van der Waals surface area contributed by atoms with Crippen LogP contribution in [0.3, 0.4) is 0 Å². The summed E-state index contributed by atoms with van der Waals surface area (Å²) >= 11 is 0. The second-order valence-electron chi connectivity index (χ2n) is 5.74. The number of nitrogens with zero attached hydrogens (tertiary/aromatic N) is 1. The highest BCUT2D eigenvalue weighted by molar-refractivity contribution is 5.79. The molecule has 1 unspecified atom stereocenters. The Labute approximate surface area is 135 Å². The summed E-state index contributed by atoms with van der Waals surface area (Å²) in [5, 5.41) is 16.0. The predicted octanol–water partition coefficient (Wildman–Crippen LogP) is 1.79. The van der Waals surface area contributed by atoms with Crippen LogP contribution in [0.2, 0.25) is 0 Å². The zero-order chi connectivity index (χ0) is 16.7. The molecule has 124 valence electrons. The monoisotopic (exact) mass is 318 g/mol. The number of aliphatic hydroxyl groups is 1. The van der Waals surface area contributed by atoms with Crippen molar-refractivity contribution in [3.8, 4) is 11.3 Å². The summed E-state index contributed by atoms with van der Waals surface area (Å²) in [6.45, 7) is 2.14. The lowest BCUT2D eigenvalue weighted by molar-refractivity contribution is -0.123. The largest absolute Gasteiger partial charge is 0.396 e. The molecule has 6 nitrogen and oxygen atoms in total. The van der Waals surface area contributed by atoms with E-state index >= 15 is 0 Å². The molecule has 1 aromatic heterocycles. The molecule has 2 rings (SSSR count). The van der Waals surface area contributed by atoms with Gasteiger partial charge in [-0.1, -0.05) is 35.5 Å². The molecule has 0 bridgehead atoms. The molecular weight excluding hydrogens is 296 g/mol. The van der Waals surface area contributed by atoms with E-state index in [4.69, 9.17) is 14.4 Å². The van der Waals surface area contributed by atoms with E-state index in [2.05, 4.69) is 10.5 Å². The zero-order valence-electron chi connectivity index (χ0n) is 13.4. The van der Waals surface area contributed by atoms with Gasteiger partial charge in [0.05, 0.1) is 24.3 Å². The van der Waals surface area contributed by atoms with Crippen molar-refractivity contribution in [3.63, 3.8) is 0 Å². The topological polar surface area (TPSA) is 84.6 Å². The Morgan fingerprint density at radius 1 is 1.39 bits per heavy atom. The summed E-state index contributed by atoms with van der Waals surface area (Å²) < 4.78 is 10.4. The number of ether oxygens (including phenoxy) is 1. The van der Waals surface area contributed by atoms with Crippen LogP contribution in [0.4, 0.5) is 0 Å². The van der Waals surface area contributed by atoms with E-state index in [9.17, 15) is 4.79 Å². The van der Waals surface area contributed by atoms with Crippen LogP contribution >= 0.6 is 0 Å². The highest BCUT2D eigenvalue weighted by atomic mass is 16.5. The first-order valence-electron chi connectivity index (χ1n) is 7.48. The van der Waals surface area contributed by atoms with E-state index in [1.165, 1.54) is 0 Å². The van der Waals surface area contributed by atoms with Gasteiger partial charge < -0.3 is 19.7 Å². The number of hydrogen-bond donors (Lipinski definition) is 2. The molecule has 1 atom stereocenters. The summed E-state index contributed by atoms with van der Waals surface area (Å²) in [5.41, 5.74) is 0.869. The second kappa shape index (κ2) is 7.89. The van der Waals surface area contributed by atoms with Crippen LogP contribution < -0.4 is 5.32 Å². The van der Waals surface area contributed by atoms with Crippen molar-refractivity contribution in [3.05, 3.63) is 42.1 Å². The van der Waals surface area contributed by atoms with Crippen LogP contribution in [0.25, 0.3) is 11.3 Å². The first kappa shape index (κ1) is 17.2. The minimum atomic E-state index is -0.605. The standard InChI is InChI=1S/C17H22N2O4/c1-17(8-9-20,12-22-2)18-16(21)11-14-10-15(23-19-14)13-6-4-3-5-7-13/h3-7,10,20H,8-9,11-12H2,1-2H3,(H,18,21). The molecule has 6 heteroatoms. The number of carbonyl (C=O) groups excluding carboxylic acids is 1. The smallest absolute Gasteiger partial charge is 0.226 e. The minimum Gasteiger partial charge on any atom is -0.396 e. The van der Waals surface area contributed by atoms with E-state index in [0.29, 0.717) is 24.5 Å². The third-order valence-electron chi connectivity index (χ3n) is 3.53. The average Bonchev–Trinajstić information content (AvgIpc) is 2.96. The molecule has 0 saturated carbocycles. The SMILES string of the molecule is COCC(C)(CCO)NC(=O)Cc1cc(-c2ccccc2)on1. The van der Waals surface area contributed by atoms with E-state index in [0.717, 1.165) is 5.56 Å². The lowest BCUT2D eigenvalue weighted by Gasteiger charge is -2.29. The lowest BCUT2D eigenvalue weighted by atomic mass is 9.99. The Hall–Kier alpha value is -2.18. The van der Waals surface area contributed by atoms with Gasteiger partial charge in [-0.05, 0) is 13.3 Å². The summed E-state index contributed by atoms with van der Waals surface area (Å²) in [7, 11) is 1.56. The number of aliphatic hydroxyl groups excluding tert-OH is 1. The molecular formula is C17H22N2O4. The number of aromatic nitrogens is 1. The van der Waals surface area contributed by atoms with Gasteiger partial charge in [0.1, 0.15) is 0 Å². The Morgan fingerprint density at radius 3 is 2.78 bits per heavy atom. The van der Waals surface area contributed by atoms with Crippen molar-refractivity contribution in [2.45, 2.75) is 25.3 Å². The second-order valence-corrected chi connectivity index (χ2v) is 5.74. The molecule has 0 spiro atoms. The van der Waals surface area contributed by atoms with E-state index in [-0.39, 0.29) is 18.9 Å². The zero-order valence-corrected chi connectivity index (χ0v) is 13.4. The molecule has 0 fully saturated rings. The van der Waals surface area contributed by atoms with Crippen LogP contribution in [0.1, 0.15) is 19.0 Å². The van der Waals surface area contributed by atoms with Crippen molar-refractivity contribution in [1.29, 1.82) is 0 Å². The summed E-state index contributed by atoms with van der Waals surface area (Å²) in [5.74, 6) is 0.439.